The fourth-order valence-electron chi connectivity index (χ4n) is 4.25. The van der Waals surface area contributed by atoms with Crippen LogP contribution in [-0.4, -0.2) is 39.5 Å². The Hall–Kier alpha value is -4.17. The van der Waals surface area contributed by atoms with Gasteiger partial charge in [-0.05, 0) is 67.8 Å². The van der Waals surface area contributed by atoms with E-state index in [9.17, 15) is 9.59 Å². The van der Waals surface area contributed by atoms with Gasteiger partial charge in [-0.3, -0.25) is 9.59 Å². The summed E-state index contributed by atoms with van der Waals surface area (Å²) in [7, 11) is 1.59. The van der Waals surface area contributed by atoms with Gasteiger partial charge in [-0.15, -0.1) is 0 Å². The highest BCUT2D eigenvalue weighted by molar-refractivity contribution is 7.99. The zero-order valence-corrected chi connectivity index (χ0v) is 23.4. The van der Waals surface area contributed by atoms with E-state index in [0.29, 0.717) is 16.6 Å². The fraction of sp³-hybridized carbons (Fsp3) is 0.226. The van der Waals surface area contributed by atoms with Crippen molar-refractivity contribution in [3.8, 4) is 5.75 Å². The van der Waals surface area contributed by atoms with Crippen LogP contribution in [0.25, 0.3) is 0 Å². The van der Waals surface area contributed by atoms with Crippen LogP contribution in [0.15, 0.2) is 90.1 Å². The van der Waals surface area contributed by atoms with Crippen LogP contribution in [0, 0.1) is 20.8 Å². The third-order valence-electron chi connectivity index (χ3n) is 6.24. The normalized spacial score (nSPS) is 11.5. The topological polar surface area (TPSA) is 84.4 Å². The van der Waals surface area contributed by atoms with Crippen LogP contribution >= 0.6 is 11.8 Å². The molecule has 0 aliphatic carbocycles. The Labute approximate surface area is 233 Å². The predicted octanol–water partition coefficient (Wildman–Crippen LogP) is 5.91. The van der Waals surface area contributed by atoms with E-state index in [1.54, 1.807) is 36.3 Å². The maximum atomic E-state index is 13.9. The summed E-state index contributed by atoms with van der Waals surface area (Å²) < 4.78 is 5.24. The molecule has 39 heavy (non-hydrogen) atoms. The van der Waals surface area contributed by atoms with Crippen LogP contribution < -0.4 is 10.1 Å². The highest BCUT2D eigenvalue weighted by Gasteiger charge is 2.32. The van der Waals surface area contributed by atoms with E-state index >= 15 is 0 Å². The van der Waals surface area contributed by atoms with Crippen LogP contribution in [0.2, 0.25) is 0 Å². The lowest BCUT2D eigenvalue weighted by Crippen LogP contribution is -2.42. The summed E-state index contributed by atoms with van der Waals surface area (Å²) in [5, 5.41) is 3.53. The van der Waals surface area contributed by atoms with E-state index < -0.39 is 6.04 Å². The van der Waals surface area contributed by atoms with Crippen LogP contribution in [0.5, 0.6) is 5.75 Å². The van der Waals surface area contributed by atoms with Crippen LogP contribution in [-0.2, 0) is 16.1 Å². The third kappa shape index (κ3) is 7.45. The average molecular weight is 541 g/mol. The molecule has 0 radical (unpaired) electrons. The van der Waals surface area contributed by atoms with Gasteiger partial charge in [0, 0.05) is 23.6 Å². The van der Waals surface area contributed by atoms with E-state index in [0.717, 1.165) is 28.1 Å². The zero-order chi connectivity index (χ0) is 27.8. The fourth-order valence-corrected chi connectivity index (χ4v) is 5.09. The van der Waals surface area contributed by atoms with Crippen molar-refractivity contribution in [1.29, 1.82) is 0 Å². The van der Waals surface area contributed by atoms with Crippen molar-refractivity contribution < 1.29 is 14.3 Å². The highest BCUT2D eigenvalue weighted by atomic mass is 32.2. The summed E-state index contributed by atoms with van der Waals surface area (Å²) in [5.41, 5.74) is 5.03. The maximum absolute atomic E-state index is 13.9. The molecule has 2 amide bonds. The molecule has 1 aromatic heterocycles. The van der Waals surface area contributed by atoms with E-state index in [1.807, 2.05) is 81.4 Å². The number of methoxy groups -OCH3 is 1. The van der Waals surface area contributed by atoms with Gasteiger partial charge in [0.1, 0.15) is 11.8 Å². The minimum atomic E-state index is -0.860. The summed E-state index contributed by atoms with van der Waals surface area (Å²) in [6.07, 6.45) is 0. The molecule has 7 nitrogen and oxygen atoms in total. The molecule has 0 spiro atoms. The lowest BCUT2D eigenvalue weighted by molar-refractivity contribution is -0.137. The summed E-state index contributed by atoms with van der Waals surface area (Å²) in [5.74, 6) is 0.286. The molecule has 0 saturated heterocycles. The molecule has 1 atom stereocenters. The number of hydrogen-bond acceptors (Lipinski definition) is 6. The molecule has 1 heterocycles. The number of hydrogen-bond donors (Lipinski definition) is 1. The molecule has 0 fully saturated rings. The Balaban J connectivity index is 1.68. The molecule has 4 rings (SSSR count). The lowest BCUT2D eigenvalue weighted by atomic mass is 10.0. The van der Waals surface area contributed by atoms with Crippen molar-refractivity contribution in [2.45, 2.75) is 38.5 Å². The lowest BCUT2D eigenvalue weighted by Gasteiger charge is -2.32. The Bertz CT molecular complexity index is 1410. The number of benzene rings is 3. The first-order valence-electron chi connectivity index (χ1n) is 12.6. The standard InChI is InChI=1S/C31H32N4O3S/c1-21-10-8-9-13-25(21)19-35(28(36)20-39-31-32-22(2)18-23(3)33-31)29(24-11-6-5-7-12-24)30(37)34-26-14-16-27(38-4)17-15-26/h5-18,29H,19-20H2,1-4H3,(H,34,37). The molecule has 8 heteroatoms. The number of nitrogens with zero attached hydrogens (tertiary/aromatic N) is 3. The minimum absolute atomic E-state index is 0.0912. The Morgan fingerprint density at radius 1 is 0.897 bits per heavy atom. The summed E-state index contributed by atoms with van der Waals surface area (Å²) in [6.45, 7) is 6.08. The number of carbonyl (C=O) groups is 2. The molecule has 0 saturated carbocycles. The van der Waals surface area contributed by atoms with E-state index in [1.165, 1.54) is 11.8 Å². The first-order chi connectivity index (χ1) is 18.8. The number of amides is 2. The predicted molar refractivity (Wildman–Crippen MR) is 155 cm³/mol. The largest absolute Gasteiger partial charge is 0.497 e. The molecule has 1 N–H and O–H groups in total. The number of anilines is 1. The van der Waals surface area contributed by atoms with E-state index in [-0.39, 0.29) is 24.1 Å². The van der Waals surface area contributed by atoms with Crippen molar-refractivity contribution >= 4 is 29.3 Å². The van der Waals surface area contributed by atoms with Crippen molar-refractivity contribution in [2.75, 3.05) is 18.2 Å². The van der Waals surface area contributed by atoms with Gasteiger partial charge in [0.25, 0.3) is 5.91 Å². The Morgan fingerprint density at radius 3 is 2.18 bits per heavy atom. The Kier molecular flexibility index (Phi) is 9.33. The maximum Gasteiger partial charge on any atom is 0.251 e. The SMILES string of the molecule is COc1ccc(NC(=O)C(c2ccccc2)N(Cc2ccccc2C)C(=O)CSc2nc(C)cc(C)n2)cc1. The molecule has 0 aliphatic rings. The second-order valence-corrected chi connectivity index (χ2v) is 10.1. The second kappa shape index (κ2) is 13.1. The van der Waals surface area contributed by atoms with Gasteiger partial charge in [-0.25, -0.2) is 9.97 Å². The van der Waals surface area contributed by atoms with Crippen LogP contribution in [0.3, 0.4) is 0 Å². The van der Waals surface area contributed by atoms with Crippen molar-refractivity contribution in [3.05, 3.63) is 113 Å². The minimum Gasteiger partial charge on any atom is -0.497 e. The zero-order valence-electron chi connectivity index (χ0n) is 22.5. The van der Waals surface area contributed by atoms with Gasteiger partial charge >= 0.3 is 0 Å². The van der Waals surface area contributed by atoms with Gasteiger partial charge in [0.2, 0.25) is 5.91 Å². The van der Waals surface area contributed by atoms with Crippen LogP contribution in [0.4, 0.5) is 5.69 Å². The number of aromatic nitrogens is 2. The van der Waals surface area contributed by atoms with Gasteiger partial charge in [-0.1, -0.05) is 66.4 Å². The quantitative estimate of drug-likeness (QED) is 0.199. The smallest absolute Gasteiger partial charge is 0.251 e. The van der Waals surface area contributed by atoms with Crippen molar-refractivity contribution in [1.82, 2.24) is 14.9 Å². The number of rotatable bonds is 10. The number of thioether (sulfide) groups is 1. The first-order valence-corrected chi connectivity index (χ1v) is 13.6. The Morgan fingerprint density at radius 2 is 1.54 bits per heavy atom. The van der Waals surface area contributed by atoms with Gasteiger partial charge in [-0.2, -0.15) is 0 Å². The number of ether oxygens (including phenoxy) is 1. The molecule has 3 aromatic carbocycles. The molecular weight excluding hydrogens is 508 g/mol. The summed E-state index contributed by atoms with van der Waals surface area (Å²) in [6, 6.07) is 25.4. The third-order valence-corrected chi connectivity index (χ3v) is 7.07. The van der Waals surface area contributed by atoms with Gasteiger partial charge in [0.15, 0.2) is 5.16 Å². The van der Waals surface area contributed by atoms with Crippen LogP contribution in [0.1, 0.15) is 34.1 Å². The van der Waals surface area contributed by atoms with Gasteiger partial charge < -0.3 is 15.0 Å². The highest BCUT2D eigenvalue weighted by Crippen LogP contribution is 2.28. The molecule has 0 bridgehead atoms. The van der Waals surface area contributed by atoms with Gasteiger partial charge in [0.05, 0.1) is 12.9 Å². The average Bonchev–Trinajstić information content (AvgIpc) is 2.93. The second-order valence-electron chi connectivity index (χ2n) is 9.20. The van der Waals surface area contributed by atoms with E-state index in [2.05, 4.69) is 15.3 Å². The number of carbonyl (C=O) groups excluding carboxylic acids is 2. The number of nitrogens with one attached hydrogen (secondary N) is 1. The first kappa shape index (κ1) is 27.9. The van der Waals surface area contributed by atoms with Crippen molar-refractivity contribution in [2.24, 2.45) is 0 Å². The number of aryl methyl sites for hydroxylation is 3. The molecule has 4 aromatic rings. The molecule has 1 unspecified atom stereocenters. The van der Waals surface area contributed by atoms with Crippen molar-refractivity contribution in [3.63, 3.8) is 0 Å². The summed E-state index contributed by atoms with van der Waals surface area (Å²) >= 11 is 1.27. The molecule has 0 aliphatic heterocycles. The van der Waals surface area contributed by atoms with E-state index in [4.69, 9.17) is 4.74 Å². The summed E-state index contributed by atoms with van der Waals surface area (Å²) in [4.78, 5) is 38.4. The molecule has 200 valence electrons. The monoisotopic (exact) mass is 540 g/mol. The molecular formula is C31H32N4O3S.